The average molecular weight is 450 g/mol. The maximum absolute atomic E-state index is 12.9. The summed E-state index contributed by atoms with van der Waals surface area (Å²) in [6, 6.07) is 7.54. The van der Waals surface area contributed by atoms with Crippen LogP contribution in [0.5, 0.6) is 5.75 Å². The van der Waals surface area contributed by atoms with Gasteiger partial charge in [-0.15, -0.1) is 0 Å². The second-order valence-electron chi connectivity index (χ2n) is 8.30. The maximum Gasteiger partial charge on any atom is 0.248 e. The summed E-state index contributed by atoms with van der Waals surface area (Å²) in [6.45, 7) is 9.68. The normalized spacial score (nSPS) is 17.0. The van der Waals surface area contributed by atoms with Crippen LogP contribution in [0, 0.1) is 19.8 Å². The molecule has 1 atom stereocenters. The lowest BCUT2D eigenvalue weighted by atomic mass is 9.96. The molecule has 1 amide bonds. The van der Waals surface area contributed by atoms with Crippen molar-refractivity contribution in [1.82, 2.24) is 14.8 Å². The van der Waals surface area contributed by atoms with Gasteiger partial charge in [0.1, 0.15) is 16.3 Å². The number of carbonyl (C=O) groups excluding carboxylic acids is 1. The summed E-state index contributed by atoms with van der Waals surface area (Å²) >= 11 is 0. The highest BCUT2D eigenvalue weighted by atomic mass is 32.2. The number of nitrogens with zero attached hydrogens (tertiary/aromatic N) is 2. The van der Waals surface area contributed by atoms with E-state index < -0.39 is 10.0 Å². The first kappa shape index (κ1) is 23.3. The molecule has 1 aromatic heterocycles. The number of hydrogen-bond acceptors (Lipinski definition) is 6. The molecule has 31 heavy (non-hydrogen) atoms. The second kappa shape index (κ2) is 9.40. The Kier molecular flexibility index (Phi) is 7.06. The first-order valence-electron chi connectivity index (χ1n) is 10.6. The Morgan fingerprint density at radius 3 is 2.29 bits per heavy atom. The van der Waals surface area contributed by atoms with Crippen LogP contribution in [-0.2, 0) is 14.8 Å². The molecule has 9 heteroatoms. The van der Waals surface area contributed by atoms with Gasteiger partial charge in [0.25, 0.3) is 0 Å². The highest BCUT2D eigenvalue weighted by Crippen LogP contribution is 2.28. The fourth-order valence-electron chi connectivity index (χ4n) is 3.85. The first-order valence-corrected chi connectivity index (χ1v) is 12.0. The van der Waals surface area contributed by atoms with Crippen LogP contribution in [0.15, 0.2) is 33.7 Å². The summed E-state index contributed by atoms with van der Waals surface area (Å²) in [5, 5.41) is 6.80. The number of ether oxygens (including phenoxy) is 1. The molecule has 1 aliphatic rings. The van der Waals surface area contributed by atoms with Crippen molar-refractivity contribution in [2.24, 2.45) is 5.92 Å². The van der Waals surface area contributed by atoms with Crippen LogP contribution < -0.4 is 10.1 Å². The monoisotopic (exact) mass is 449 g/mol. The Labute approximate surface area is 184 Å². The zero-order valence-electron chi connectivity index (χ0n) is 18.7. The SMILES string of the molecule is Cc1noc(C)c1S(=O)(=O)N1CCC(C(=O)NC(C)c2ccc(OC(C)C)cc2)CC1. The van der Waals surface area contributed by atoms with Crippen molar-refractivity contribution in [2.45, 2.75) is 64.5 Å². The van der Waals surface area contributed by atoms with E-state index in [4.69, 9.17) is 9.26 Å². The summed E-state index contributed by atoms with van der Waals surface area (Å²) in [5.74, 6) is 0.812. The van der Waals surface area contributed by atoms with E-state index in [9.17, 15) is 13.2 Å². The van der Waals surface area contributed by atoms with E-state index in [1.165, 1.54) is 4.31 Å². The minimum atomic E-state index is -3.67. The van der Waals surface area contributed by atoms with Crippen LogP contribution in [0.3, 0.4) is 0 Å². The number of aromatic nitrogens is 1. The highest BCUT2D eigenvalue weighted by molar-refractivity contribution is 7.89. The van der Waals surface area contributed by atoms with Gasteiger partial charge >= 0.3 is 0 Å². The molecule has 1 aliphatic heterocycles. The van der Waals surface area contributed by atoms with Gasteiger partial charge in [0.15, 0.2) is 5.76 Å². The minimum Gasteiger partial charge on any atom is -0.491 e. The van der Waals surface area contributed by atoms with Crippen molar-refractivity contribution in [3.8, 4) is 5.75 Å². The number of benzene rings is 1. The number of amides is 1. The number of aryl methyl sites for hydroxylation is 2. The van der Waals surface area contributed by atoms with Crippen molar-refractivity contribution in [1.29, 1.82) is 0 Å². The molecule has 170 valence electrons. The molecule has 0 aliphatic carbocycles. The lowest BCUT2D eigenvalue weighted by Crippen LogP contribution is -2.43. The predicted molar refractivity (Wildman–Crippen MR) is 116 cm³/mol. The number of sulfonamides is 1. The van der Waals surface area contributed by atoms with Gasteiger partial charge in [0.2, 0.25) is 15.9 Å². The van der Waals surface area contributed by atoms with Crippen LogP contribution >= 0.6 is 0 Å². The van der Waals surface area contributed by atoms with E-state index in [2.05, 4.69) is 10.5 Å². The zero-order chi connectivity index (χ0) is 22.8. The van der Waals surface area contributed by atoms with E-state index in [0.717, 1.165) is 11.3 Å². The Balaban J connectivity index is 1.56. The number of nitrogens with one attached hydrogen (secondary N) is 1. The van der Waals surface area contributed by atoms with Crippen LogP contribution in [0.2, 0.25) is 0 Å². The van der Waals surface area contributed by atoms with Gasteiger partial charge in [-0.05, 0) is 65.2 Å². The molecule has 1 saturated heterocycles. The molecule has 1 N–H and O–H groups in total. The Bertz CT molecular complexity index is 987. The third kappa shape index (κ3) is 5.27. The summed E-state index contributed by atoms with van der Waals surface area (Å²) in [5.41, 5.74) is 1.35. The molecule has 2 aromatic rings. The third-order valence-corrected chi connectivity index (χ3v) is 7.64. The molecule has 3 rings (SSSR count). The molecule has 1 aromatic carbocycles. The standard InChI is InChI=1S/C22H31N3O5S/c1-14(2)29-20-8-6-18(7-9-20)15(3)23-22(26)19-10-12-25(13-11-19)31(27,28)21-16(4)24-30-17(21)5/h6-9,14-15,19H,10-13H2,1-5H3,(H,23,26). The predicted octanol–water partition coefficient (Wildman–Crippen LogP) is 3.36. The van der Waals surface area contributed by atoms with E-state index in [0.29, 0.717) is 31.6 Å². The van der Waals surface area contributed by atoms with Crippen LogP contribution in [0.4, 0.5) is 0 Å². The summed E-state index contributed by atoms with van der Waals surface area (Å²) < 4.78 is 38.0. The lowest BCUT2D eigenvalue weighted by molar-refractivity contribution is -0.126. The number of carbonyl (C=O) groups is 1. The van der Waals surface area contributed by atoms with Gasteiger partial charge in [0, 0.05) is 19.0 Å². The van der Waals surface area contributed by atoms with Gasteiger partial charge in [-0.25, -0.2) is 8.42 Å². The van der Waals surface area contributed by atoms with Crippen molar-refractivity contribution in [2.75, 3.05) is 13.1 Å². The largest absolute Gasteiger partial charge is 0.491 e. The molecule has 0 saturated carbocycles. The smallest absolute Gasteiger partial charge is 0.248 e. The average Bonchev–Trinajstić information content (AvgIpc) is 3.07. The molecule has 1 fully saturated rings. The van der Waals surface area contributed by atoms with E-state index in [-0.39, 0.29) is 34.6 Å². The van der Waals surface area contributed by atoms with Gasteiger partial charge in [-0.3, -0.25) is 4.79 Å². The highest BCUT2D eigenvalue weighted by Gasteiger charge is 2.35. The molecular formula is C22H31N3O5S. The zero-order valence-corrected chi connectivity index (χ0v) is 19.5. The summed E-state index contributed by atoms with van der Waals surface area (Å²) in [4.78, 5) is 12.9. The summed E-state index contributed by atoms with van der Waals surface area (Å²) in [7, 11) is -3.67. The lowest BCUT2D eigenvalue weighted by Gasteiger charge is -2.31. The van der Waals surface area contributed by atoms with Crippen LogP contribution in [0.1, 0.15) is 56.7 Å². The molecular weight excluding hydrogens is 418 g/mol. The number of piperidine rings is 1. The van der Waals surface area contributed by atoms with E-state index in [1.54, 1.807) is 13.8 Å². The Morgan fingerprint density at radius 2 is 1.77 bits per heavy atom. The molecule has 8 nitrogen and oxygen atoms in total. The van der Waals surface area contributed by atoms with Gasteiger partial charge in [-0.1, -0.05) is 17.3 Å². The molecule has 0 radical (unpaired) electrons. The molecule has 1 unspecified atom stereocenters. The van der Waals surface area contributed by atoms with Crippen molar-refractivity contribution < 1.29 is 22.5 Å². The summed E-state index contributed by atoms with van der Waals surface area (Å²) in [6.07, 6.45) is 1.06. The van der Waals surface area contributed by atoms with Gasteiger partial charge in [-0.2, -0.15) is 4.31 Å². The molecule has 0 bridgehead atoms. The maximum atomic E-state index is 12.9. The number of rotatable bonds is 7. The van der Waals surface area contributed by atoms with Crippen LogP contribution in [0.25, 0.3) is 0 Å². The van der Waals surface area contributed by atoms with Gasteiger partial charge in [0.05, 0.1) is 12.1 Å². The third-order valence-electron chi connectivity index (χ3n) is 5.50. The number of hydrogen-bond donors (Lipinski definition) is 1. The Morgan fingerprint density at radius 1 is 1.16 bits per heavy atom. The second-order valence-corrected chi connectivity index (χ2v) is 10.2. The van der Waals surface area contributed by atoms with Crippen molar-refractivity contribution in [3.05, 3.63) is 41.3 Å². The quantitative estimate of drug-likeness (QED) is 0.695. The Hall–Kier alpha value is -2.39. The van der Waals surface area contributed by atoms with E-state index >= 15 is 0 Å². The van der Waals surface area contributed by atoms with Gasteiger partial charge < -0.3 is 14.6 Å². The van der Waals surface area contributed by atoms with E-state index in [1.807, 2.05) is 45.0 Å². The minimum absolute atomic E-state index is 0.0515. The fourth-order valence-corrected chi connectivity index (χ4v) is 5.61. The van der Waals surface area contributed by atoms with Crippen molar-refractivity contribution in [3.63, 3.8) is 0 Å². The molecule has 0 spiro atoms. The van der Waals surface area contributed by atoms with Crippen molar-refractivity contribution >= 4 is 15.9 Å². The van der Waals surface area contributed by atoms with Crippen LogP contribution in [-0.4, -0.2) is 43.0 Å². The fraction of sp³-hybridized carbons (Fsp3) is 0.545. The first-order chi connectivity index (χ1) is 14.6. The topological polar surface area (TPSA) is 102 Å². The molecule has 2 heterocycles.